The number of rotatable bonds is 5. The van der Waals surface area contributed by atoms with Gasteiger partial charge in [-0.05, 0) is 36.6 Å². The first-order valence-corrected chi connectivity index (χ1v) is 6.84. The predicted octanol–water partition coefficient (Wildman–Crippen LogP) is 3.88. The lowest BCUT2D eigenvalue weighted by Crippen LogP contribution is -2.14. The molecular formula is C15H18ClNO2. The van der Waals surface area contributed by atoms with Crippen molar-refractivity contribution in [2.45, 2.75) is 26.8 Å². The third-order valence-corrected chi connectivity index (χ3v) is 3.23. The Bertz CT molecular complexity index is 575. The first kappa shape index (κ1) is 13.9. The van der Waals surface area contributed by atoms with Gasteiger partial charge in [-0.25, -0.2) is 0 Å². The van der Waals surface area contributed by atoms with Crippen molar-refractivity contribution in [3.05, 3.63) is 35.5 Å². The highest BCUT2D eigenvalue weighted by Crippen LogP contribution is 2.20. The first-order valence-electron chi connectivity index (χ1n) is 6.46. The van der Waals surface area contributed by atoms with Crippen molar-refractivity contribution in [3.8, 4) is 0 Å². The molecule has 2 rings (SSSR count). The van der Waals surface area contributed by atoms with Crippen LogP contribution in [0.25, 0.3) is 10.9 Å². The highest BCUT2D eigenvalue weighted by Gasteiger charge is 2.08. The fourth-order valence-electron chi connectivity index (χ4n) is 1.90. The summed E-state index contributed by atoms with van der Waals surface area (Å²) in [4.78, 5) is 11.7. The van der Waals surface area contributed by atoms with Crippen LogP contribution >= 0.6 is 11.6 Å². The van der Waals surface area contributed by atoms with Gasteiger partial charge in [-0.3, -0.25) is 4.79 Å². The second kappa shape index (κ2) is 6.11. The molecule has 19 heavy (non-hydrogen) atoms. The molecule has 0 atom stereocenters. The summed E-state index contributed by atoms with van der Waals surface area (Å²) in [7, 11) is 0. The second-order valence-electron chi connectivity index (χ2n) is 5.05. The van der Waals surface area contributed by atoms with E-state index in [0.717, 1.165) is 17.3 Å². The van der Waals surface area contributed by atoms with E-state index in [4.69, 9.17) is 16.3 Å². The fraction of sp³-hybridized carbons (Fsp3) is 0.400. The molecule has 0 N–H and O–H groups in total. The van der Waals surface area contributed by atoms with Gasteiger partial charge in [0.15, 0.2) is 0 Å². The number of hydrogen-bond donors (Lipinski definition) is 0. The van der Waals surface area contributed by atoms with Crippen molar-refractivity contribution in [2.24, 2.45) is 5.92 Å². The van der Waals surface area contributed by atoms with Crippen LogP contribution in [0.5, 0.6) is 0 Å². The van der Waals surface area contributed by atoms with Crippen molar-refractivity contribution in [1.29, 1.82) is 0 Å². The van der Waals surface area contributed by atoms with Crippen molar-refractivity contribution >= 4 is 28.5 Å². The summed E-state index contributed by atoms with van der Waals surface area (Å²) >= 11 is 5.93. The molecule has 1 aromatic heterocycles. The number of fused-ring (bicyclic) bond motifs is 1. The first-order chi connectivity index (χ1) is 9.06. The van der Waals surface area contributed by atoms with Gasteiger partial charge in [0.2, 0.25) is 0 Å². The maximum atomic E-state index is 11.7. The van der Waals surface area contributed by atoms with Gasteiger partial charge in [0.1, 0.15) is 6.54 Å². The Morgan fingerprint density at radius 2 is 2.16 bits per heavy atom. The van der Waals surface area contributed by atoms with Crippen molar-refractivity contribution < 1.29 is 9.53 Å². The smallest absolute Gasteiger partial charge is 0.325 e. The lowest BCUT2D eigenvalue weighted by Gasteiger charge is -2.08. The van der Waals surface area contributed by atoms with Crippen LogP contribution in [0, 0.1) is 5.92 Å². The molecule has 102 valence electrons. The number of carbonyl (C=O) groups excluding carboxylic acids is 1. The quantitative estimate of drug-likeness (QED) is 0.778. The summed E-state index contributed by atoms with van der Waals surface area (Å²) in [5.41, 5.74) is 0.991. The van der Waals surface area contributed by atoms with Gasteiger partial charge >= 0.3 is 5.97 Å². The van der Waals surface area contributed by atoms with E-state index < -0.39 is 0 Å². The molecule has 2 aromatic rings. The molecule has 0 radical (unpaired) electrons. The third kappa shape index (κ3) is 3.74. The van der Waals surface area contributed by atoms with Crippen LogP contribution in [0.3, 0.4) is 0 Å². The minimum atomic E-state index is -0.201. The Labute approximate surface area is 118 Å². The van der Waals surface area contributed by atoms with E-state index in [-0.39, 0.29) is 12.5 Å². The summed E-state index contributed by atoms with van der Waals surface area (Å²) < 4.78 is 7.09. The average Bonchev–Trinajstić information content (AvgIpc) is 2.71. The largest absolute Gasteiger partial charge is 0.464 e. The molecule has 0 saturated heterocycles. The SMILES string of the molecule is CC(C)CCOC(=O)Cn1ccc2cc(Cl)ccc21. The monoisotopic (exact) mass is 279 g/mol. The van der Waals surface area contributed by atoms with Gasteiger partial charge in [0.05, 0.1) is 6.61 Å². The molecule has 0 bridgehead atoms. The molecule has 0 aliphatic heterocycles. The highest BCUT2D eigenvalue weighted by atomic mass is 35.5. The lowest BCUT2D eigenvalue weighted by molar-refractivity contribution is -0.144. The molecule has 4 heteroatoms. The van der Waals surface area contributed by atoms with Gasteiger partial charge in [0, 0.05) is 22.1 Å². The third-order valence-electron chi connectivity index (χ3n) is 2.99. The van der Waals surface area contributed by atoms with Crippen LogP contribution in [0.2, 0.25) is 5.02 Å². The lowest BCUT2D eigenvalue weighted by atomic mass is 10.1. The Hall–Kier alpha value is -1.48. The second-order valence-corrected chi connectivity index (χ2v) is 5.49. The summed E-state index contributed by atoms with van der Waals surface area (Å²) in [6.45, 7) is 4.94. The average molecular weight is 280 g/mol. The zero-order chi connectivity index (χ0) is 13.8. The molecule has 3 nitrogen and oxygen atoms in total. The van der Waals surface area contributed by atoms with Crippen LogP contribution in [0.15, 0.2) is 30.5 Å². The van der Waals surface area contributed by atoms with E-state index in [2.05, 4.69) is 13.8 Å². The zero-order valence-corrected chi connectivity index (χ0v) is 12.0. The number of nitrogens with zero attached hydrogens (tertiary/aromatic N) is 1. The van der Waals surface area contributed by atoms with E-state index in [9.17, 15) is 4.79 Å². The van der Waals surface area contributed by atoms with Crippen LogP contribution in [0.4, 0.5) is 0 Å². The Morgan fingerprint density at radius 1 is 1.37 bits per heavy atom. The number of esters is 1. The molecule has 0 spiro atoms. The van der Waals surface area contributed by atoms with E-state index in [0.29, 0.717) is 17.5 Å². The number of carbonyl (C=O) groups is 1. The standard InChI is InChI=1S/C15H18ClNO2/c1-11(2)6-8-19-15(18)10-17-7-5-12-9-13(16)3-4-14(12)17/h3-5,7,9,11H,6,8,10H2,1-2H3. The minimum absolute atomic E-state index is 0.201. The molecule has 0 fully saturated rings. The molecule has 1 heterocycles. The molecular weight excluding hydrogens is 262 g/mol. The maximum absolute atomic E-state index is 11.7. The van der Waals surface area contributed by atoms with Crippen molar-refractivity contribution in [2.75, 3.05) is 6.61 Å². The predicted molar refractivity (Wildman–Crippen MR) is 77.4 cm³/mol. The molecule has 1 aromatic carbocycles. The van der Waals surface area contributed by atoms with Gasteiger partial charge in [-0.15, -0.1) is 0 Å². The Balaban J connectivity index is 1.99. The number of halogens is 1. The zero-order valence-electron chi connectivity index (χ0n) is 11.2. The molecule has 0 saturated carbocycles. The Kier molecular flexibility index (Phi) is 4.48. The molecule has 0 aliphatic rings. The van der Waals surface area contributed by atoms with E-state index in [1.54, 1.807) is 0 Å². The molecule has 0 amide bonds. The normalized spacial score (nSPS) is 11.2. The fourth-order valence-corrected chi connectivity index (χ4v) is 2.08. The topological polar surface area (TPSA) is 31.2 Å². The van der Waals surface area contributed by atoms with Crippen LogP contribution in [-0.4, -0.2) is 17.1 Å². The van der Waals surface area contributed by atoms with Crippen LogP contribution in [-0.2, 0) is 16.1 Å². The number of benzene rings is 1. The molecule has 0 aliphatic carbocycles. The number of ether oxygens (including phenoxy) is 1. The van der Waals surface area contributed by atoms with Crippen molar-refractivity contribution in [3.63, 3.8) is 0 Å². The van der Waals surface area contributed by atoms with Crippen molar-refractivity contribution in [1.82, 2.24) is 4.57 Å². The van der Waals surface area contributed by atoms with E-state index in [1.165, 1.54) is 0 Å². The number of hydrogen-bond acceptors (Lipinski definition) is 2. The Morgan fingerprint density at radius 3 is 2.89 bits per heavy atom. The van der Waals surface area contributed by atoms with Gasteiger partial charge in [0.25, 0.3) is 0 Å². The van der Waals surface area contributed by atoms with E-state index >= 15 is 0 Å². The summed E-state index contributed by atoms with van der Waals surface area (Å²) in [5, 5.41) is 1.73. The summed E-state index contributed by atoms with van der Waals surface area (Å²) in [5.74, 6) is 0.343. The van der Waals surface area contributed by atoms with E-state index in [1.807, 2.05) is 35.0 Å². The molecule has 0 unspecified atom stereocenters. The number of aromatic nitrogens is 1. The van der Waals surface area contributed by atoms with Gasteiger partial charge in [-0.2, -0.15) is 0 Å². The minimum Gasteiger partial charge on any atom is -0.464 e. The maximum Gasteiger partial charge on any atom is 0.325 e. The summed E-state index contributed by atoms with van der Waals surface area (Å²) in [6, 6.07) is 7.57. The van der Waals surface area contributed by atoms with Gasteiger partial charge in [-0.1, -0.05) is 25.4 Å². The van der Waals surface area contributed by atoms with Gasteiger partial charge < -0.3 is 9.30 Å². The highest BCUT2D eigenvalue weighted by molar-refractivity contribution is 6.31. The van der Waals surface area contributed by atoms with Crippen LogP contribution in [0.1, 0.15) is 20.3 Å². The summed E-state index contributed by atoms with van der Waals surface area (Å²) in [6.07, 6.45) is 2.78. The van der Waals surface area contributed by atoms with Crippen LogP contribution < -0.4 is 0 Å².